The minimum absolute atomic E-state index is 0.00739. The summed E-state index contributed by atoms with van der Waals surface area (Å²) < 4.78 is 14.8. The molecule has 1 fully saturated rings. The molecule has 1 atom stereocenters. The molecule has 5 aromatic rings. The minimum atomic E-state index is -0.381. The second-order valence-corrected chi connectivity index (χ2v) is 9.66. The lowest BCUT2D eigenvalue weighted by Gasteiger charge is -2.33. The Labute approximate surface area is 219 Å². The zero-order valence-corrected chi connectivity index (χ0v) is 21.4. The van der Waals surface area contributed by atoms with Crippen molar-refractivity contribution in [3.8, 4) is 11.3 Å². The average molecular weight is 512 g/mol. The van der Waals surface area contributed by atoms with Crippen LogP contribution in [0.2, 0.25) is 0 Å². The number of pyridine rings is 1. The average Bonchev–Trinajstić information content (AvgIpc) is 3.50. The molecule has 0 saturated carbocycles. The van der Waals surface area contributed by atoms with Gasteiger partial charge in [-0.3, -0.25) is 4.98 Å². The van der Waals surface area contributed by atoms with Gasteiger partial charge in [-0.25, -0.2) is 9.48 Å². The number of aromatic nitrogens is 5. The number of aliphatic hydroxyl groups is 1. The molecule has 1 saturated heterocycles. The Morgan fingerprint density at radius 2 is 1.92 bits per heavy atom. The van der Waals surface area contributed by atoms with E-state index >= 15 is 0 Å². The molecule has 38 heavy (non-hydrogen) atoms. The number of ether oxygens (including phenoxy) is 2. The first-order valence-corrected chi connectivity index (χ1v) is 12.7. The van der Waals surface area contributed by atoms with Crippen LogP contribution in [0.25, 0.3) is 33.2 Å². The number of benzene rings is 2. The van der Waals surface area contributed by atoms with E-state index in [1.54, 1.807) is 24.0 Å². The highest BCUT2D eigenvalue weighted by atomic mass is 16.5. The van der Waals surface area contributed by atoms with Gasteiger partial charge < -0.3 is 19.1 Å². The monoisotopic (exact) mass is 511 g/mol. The third-order valence-electron chi connectivity index (χ3n) is 7.51. The summed E-state index contributed by atoms with van der Waals surface area (Å²) in [4.78, 5) is 17.4. The first-order chi connectivity index (χ1) is 18.6. The first kappa shape index (κ1) is 24.3. The summed E-state index contributed by atoms with van der Waals surface area (Å²) in [5.41, 5.74) is 6.39. The Morgan fingerprint density at radius 3 is 2.66 bits per heavy atom. The molecule has 0 aliphatic carbocycles. The van der Waals surface area contributed by atoms with Crippen LogP contribution in [0, 0.1) is 5.92 Å². The highest BCUT2D eigenvalue weighted by Crippen LogP contribution is 2.41. The maximum absolute atomic E-state index is 12.5. The highest BCUT2D eigenvalue weighted by Gasteiger charge is 2.30. The number of carbonyl (C=O) groups excluding carboxylic acids is 1. The molecule has 0 spiro atoms. The van der Waals surface area contributed by atoms with Crippen molar-refractivity contribution in [1.82, 2.24) is 24.5 Å². The molecule has 4 heterocycles. The predicted octanol–water partition coefficient (Wildman–Crippen LogP) is 4.28. The van der Waals surface area contributed by atoms with Gasteiger partial charge in [0.15, 0.2) is 0 Å². The van der Waals surface area contributed by atoms with Gasteiger partial charge in [0.05, 0.1) is 47.6 Å². The smallest absolute Gasteiger partial charge is 0.337 e. The van der Waals surface area contributed by atoms with E-state index in [1.807, 2.05) is 18.2 Å². The van der Waals surface area contributed by atoms with Crippen molar-refractivity contribution in [2.75, 3.05) is 20.3 Å². The van der Waals surface area contributed by atoms with Crippen LogP contribution in [0.1, 0.15) is 40.5 Å². The predicted molar refractivity (Wildman–Crippen MR) is 143 cm³/mol. The van der Waals surface area contributed by atoms with Gasteiger partial charge in [-0.1, -0.05) is 35.5 Å². The molecule has 1 N–H and O–H groups in total. The van der Waals surface area contributed by atoms with E-state index in [4.69, 9.17) is 14.5 Å². The fraction of sp³-hybridized carbons (Fsp3) is 0.310. The number of rotatable bonds is 6. The van der Waals surface area contributed by atoms with E-state index in [1.165, 1.54) is 12.7 Å². The topological polar surface area (TPSA) is 104 Å². The summed E-state index contributed by atoms with van der Waals surface area (Å²) in [6.07, 6.45) is 3.64. The first-order valence-electron chi connectivity index (χ1n) is 12.7. The molecule has 3 aromatic heterocycles. The van der Waals surface area contributed by atoms with E-state index < -0.39 is 0 Å². The number of fused-ring (bicyclic) bond motifs is 3. The van der Waals surface area contributed by atoms with Crippen LogP contribution >= 0.6 is 0 Å². The van der Waals surface area contributed by atoms with Gasteiger partial charge in [0, 0.05) is 37.4 Å². The van der Waals surface area contributed by atoms with Gasteiger partial charge >= 0.3 is 5.97 Å². The molecule has 0 bridgehead atoms. The molecule has 0 radical (unpaired) electrons. The molecule has 0 amide bonds. The fourth-order valence-electron chi connectivity index (χ4n) is 5.75. The van der Waals surface area contributed by atoms with Gasteiger partial charge in [0.2, 0.25) is 0 Å². The van der Waals surface area contributed by atoms with Crippen LogP contribution < -0.4 is 0 Å². The summed E-state index contributed by atoms with van der Waals surface area (Å²) in [5, 5.41) is 19.1. The van der Waals surface area contributed by atoms with E-state index in [0.29, 0.717) is 30.4 Å². The number of esters is 1. The van der Waals surface area contributed by atoms with Gasteiger partial charge in [-0.15, -0.1) is 5.10 Å². The van der Waals surface area contributed by atoms with Crippen molar-refractivity contribution in [3.05, 3.63) is 77.6 Å². The van der Waals surface area contributed by atoms with Crippen molar-refractivity contribution in [2.24, 2.45) is 13.0 Å². The maximum Gasteiger partial charge on any atom is 0.337 e. The lowest BCUT2D eigenvalue weighted by Crippen LogP contribution is -2.27. The number of methoxy groups -OCH3 is 1. The van der Waals surface area contributed by atoms with Crippen molar-refractivity contribution in [2.45, 2.75) is 25.5 Å². The van der Waals surface area contributed by atoms with E-state index in [2.05, 4.69) is 45.2 Å². The summed E-state index contributed by atoms with van der Waals surface area (Å²) in [6.45, 7) is 1.20. The second-order valence-electron chi connectivity index (χ2n) is 9.66. The number of aliphatic hydroxyl groups excluding tert-OH is 1. The van der Waals surface area contributed by atoms with Crippen LogP contribution in [-0.2, 0) is 23.1 Å². The van der Waals surface area contributed by atoms with Crippen LogP contribution in [0.4, 0.5) is 0 Å². The van der Waals surface area contributed by atoms with E-state index in [9.17, 15) is 9.90 Å². The molecular weight excluding hydrogens is 482 g/mol. The van der Waals surface area contributed by atoms with Crippen LogP contribution in [0.3, 0.4) is 0 Å². The van der Waals surface area contributed by atoms with Gasteiger partial charge in [-0.05, 0) is 48.6 Å². The van der Waals surface area contributed by atoms with Crippen LogP contribution in [0.15, 0.2) is 60.8 Å². The Balaban J connectivity index is 1.68. The Bertz CT molecular complexity index is 1620. The SMILES string of the molecule is COC(=O)c1ccc2c3ncc(-c4c(CO)nnn4C)cc3n(C(c3ccccc3)C3CCOCC3)c2c1. The highest BCUT2D eigenvalue weighted by molar-refractivity contribution is 6.08. The second kappa shape index (κ2) is 10.00. The molecule has 1 aliphatic heterocycles. The number of hydrogen-bond acceptors (Lipinski definition) is 7. The van der Waals surface area contributed by atoms with Crippen molar-refractivity contribution < 1.29 is 19.4 Å². The third-order valence-corrected chi connectivity index (χ3v) is 7.51. The quantitative estimate of drug-likeness (QED) is 0.339. The standard InChI is InChI=1S/C29H29N5O4/c1-33-28(23(17-35)31-32-33)21-15-25-26(30-16-21)22-9-8-20(29(36)37-2)14-24(22)34(25)27(18-6-4-3-5-7-18)19-10-12-38-13-11-19/h3-9,14-16,19,27,35H,10-13,17H2,1-2H3. The molecule has 194 valence electrons. The van der Waals surface area contributed by atoms with Crippen LogP contribution in [0.5, 0.6) is 0 Å². The number of aryl methyl sites for hydroxylation is 1. The normalized spacial score (nSPS) is 15.2. The summed E-state index contributed by atoms with van der Waals surface area (Å²) >= 11 is 0. The lowest BCUT2D eigenvalue weighted by atomic mass is 9.86. The van der Waals surface area contributed by atoms with E-state index in [0.717, 1.165) is 46.0 Å². The molecule has 6 rings (SSSR count). The van der Waals surface area contributed by atoms with Gasteiger partial charge in [0.1, 0.15) is 5.69 Å². The Morgan fingerprint density at radius 1 is 1.13 bits per heavy atom. The number of carbonyl (C=O) groups is 1. The molecular formula is C29H29N5O4. The zero-order valence-electron chi connectivity index (χ0n) is 21.4. The molecule has 2 aromatic carbocycles. The van der Waals surface area contributed by atoms with Crippen LogP contribution in [-0.4, -0.2) is 55.9 Å². The van der Waals surface area contributed by atoms with Gasteiger partial charge in [0.25, 0.3) is 0 Å². The molecule has 9 nitrogen and oxygen atoms in total. The summed E-state index contributed by atoms with van der Waals surface area (Å²) in [7, 11) is 3.20. The van der Waals surface area contributed by atoms with Crippen molar-refractivity contribution in [1.29, 1.82) is 0 Å². The van der Waals surface area contributed by atoms with Crippen molar-refractivity contribution >= 4 is 27.9 Å². The largest absolute Gasteiger partial charge is 0.465 e. The molecule has 1 aliphatic rings. The summed E-state index contributed by atoms with van der Waals surface area (Å²) in [6, 6.07) is 18.2. The molecule has 1 unspecified atom stereocenters. The fourth-order valence-corrected chi connectivity index (χ4v) is 5.75. The van der Waals surface area contributed by atoms with Gasteiger partial charge in [-0.2, -0.15) is 0 Å². The lowest BCUT2D eigenvalue weighted by molar-refractivity contribution is 0.0553. The Kier molecular flexibility index (Phi) is 6.39. The zero-order chi connectivity index (χ0) is 26.2. The van der Waals surface area contributed by atoms with E-state index in [-0.39, 0.29) is 18.6 Å². The number of nitrogens with zero attached hydrogens (tertiary/aromatic N) is 5. The Hall–Kier alpha value is -4.08. The molecule has 9 heteroatoms. The third kappa shape index (κ3) is 4.04. The minimum Gasteiger partial charge on any atom is -0.465 e. The summed E-state index contributed by atoms with van der Waals surface area (Å²) in [5.74, 6) is -0.0602. The number of hydrogen-bond donors (Lipinski definition) is 1. The maximum atomic E-state index is 12.5. The van der Waals surface area contributed by atoms with Crippen molar-refractivity contribution in [3.63, 3.8) is 0 Å².